The van der Waals surface area contributed by atoms with Gasteiger partial charge in [0.15, 0.2) is 5.69 Å². The molecule has 2 heterocycles. The fourth-order valence-corrected chi connectivity index (χ4v) is 1.08. The van der Waals surface area contributed by atoms with Crippen LogP contribution in [0, 0.1) is 0 Å². The number of pyridine rings is 1. The maximum Gasteiger partial charge on any atom is 0.287 e. The number of hydrogen-bond acceptors (Lipinski definition) is 4. The molecule has 0 aliphatic carbocycles. The highest BCUT2D eigenvalue weighted by atomic mass is 16.2. The fraction of sp³-hybridized carbons (Fsp3) is 0. The van der Waals surface area contributed by atoms with Crippen molar-refractivity contribution in [3.63, 3.8) is 0 Å². The van der Waals surface area contributed by atoms with Gasteiger partial charge in [0, 0.05) is 6.20 Å². The first-order valence-corrected chi connectivity index (χ1v) is 3.63. The second-order valence-corrected chi connectivity index (χ2v) is 2.45. The Morgan fingerprint density at radius 3 is 3.23 bits per heavy atom. The van der Waals surface area contributed by atoms with Crippen LogP contribution in [0.2, 0.25) is 0 Å². The van der Waals surface area contributed by atoms with Gasteiger partial charge in [0.2, 0.25) is 0 Å². The van der Waals surface area contributed by atoms with E-state index < -0.39 is 5.91 Å². The van der Waals surface area contributed by atoms with E-state index in [1.807, 2.05) is 5.43 Å². The Morgan fingerprint density at radius 1 is 1.62 bits per heavy atom. The number of nitrogens with one attached hydrogen (secondary N) is 2. The zero-order valence-electron chi connectivity index (χ0n) is 6.61. The largest absolute Gasteiger partial charge is 0.289 e. The molecule has 13 heavy (non-hydrogen) atoms. The molecule has 6 heteroatoms. The van der Waals surface area contributed by atoms with Crippen LogP contribution in [0.1, 0.15) is 10.5 Å². The standard InChI is InChI=1S/C7H7N5O/c8-10-7(13)6-5-4(11-12-6)2-1-3-9-5/h1-3H,8H2,(H,10,13)(H,11,12). The van der Waals surface area contributed by atoms with Gasteiger partial charge in [0.1, 0.15) is 5.52 Å². The lowest BCUT2D eigenvalue weighted by atomic mass is 10.3. The summed E-state index contributed by atoms with van der Waals surface area (Å²) in [7, 11) is 0. The highest BCUT2D eigenvalue weighted by Gasteiger charge is 2.12. The molecule has 6 nitrogen and oxygen atoms in total. The van der Waals surface area contributed by atoms with E-state index in [0.29, 0.717) is 11.0 Å². The SMILES string of the molecule is NNC(=O)c1n[nH]c2cccnc12. The zero-order chi connectivity index (χ0) is 9.26. The van der Waals surface area contributed by atoms with Gasteiger partial charge in [-0.15, -0.1) is 0 Å². The minimum Gasteiger partial charge on any atom is -0.289 e. The summed E-state index contributed by atoms with van der Waals surface area (Å²) in [5.41, 5.74) is 3.43. The van der Waals surface area contributed by atoms with Crippen LogP contribution in [0.15, 0.2) is 18.3 Å². The third kappa shape index (κ3) is 1.13. The van der Waals surface area contributed by atoms with Crippen LogP contribution in [-0.2, 0) is 0 Å². The lowest BCUT2D eigenvalue weighted by Gasteiger charge is -1.92. The van der Waals surface area contributed by atoms with E-state index in [4.69, 9.17) is 5.84 Å². The number of nitrogens with two attached hydrogens (primary N) is 1. The Bertz CT molecular complexity index is 449. The minimum atomic E-state index is -0.454. The molecule has 0 aliphatic rings. The van der Waals surface area contributed by atoms with Crippen LogP contribution in [0.5, 0.6) is 0 Å². The number of aromatic nitrogens is 3. The molecule has 0 aliphatic heterocycles. The van der Waals surface area contributed by atoms with E-state index in [2.05, 4.69) is 15.2 Å². The summed E-state index contributed by atoms with van der Waals surface area (Å²) in [6.45, 7) is 0. The van der Waals surface area contributed by atoms with E-state index in [0.717, 1.165) is 0 Å². The first kappa shape index (κ1) is 7.69. The molecular formula is C7H7N5O. The zero-order valence-corrected chi connectivity index (χ0v) is 6.61. The minimum absolute atomic E-state index is 0.207. The maximum absolute atomic E-state index is 11.1. The van der Waals surface area contributed by atoms with Crippen molar-refractivity contribution in [2.45, 2.75) is 0 Å². The number of hydrogen-bond donors (Lipinski definition) is 3. The number of aromatic amines is 1. The third-order valence-electron chi connectivity index (χ3n) is 1.67. The van der Waals surface area contributed by atoms with Crippen LogP contribution in [0.3, 0.4) is 0 Å². The van der Waals surface area contributed by atoms with Crippen LogP contribution < -0.4 is 11.3 Å². The Balaban J connectivity index is 2.64. The summed E-state index contributed by atoms with van der Waals surface area (Å²) in [6.07, 6.45) is 1.59. The predicted octanol–water partition coefficient (Wildman–Crippen LogP) is -0.439. The highest BCUT2D eigenvalue weighted by molar-refractivity contribution is 6.02. The first-order chi connectivity index (χ1) is 6.33. The maximum atomic E-state index is 11.1. The number of amides is 1. The lowest BCUT2D eigenvalue weighted by molar-refractivity contribution is 0.0950. The average Bonchev–Trinajstić information content (AvgIpc) is 2.60. The first-order valence-electron chi connectivity index (χ1n) is 3.63. The van der Waals surface area contributed by atoms with Gasteiger partial charge in [-0.25, -0.2) is 5.84 Å². The highest BCUT2D eigenvalue weighted by Crippen LogP contribution is 2.10. The molecule has 0 bridgehead atoms. The Labute approximate surface area is 73.1 Å². The molecule has 1 amide bonds. The van der Waals surface area contributed by atoms with Gasteiger partial charge in [-0.05, 0) is 12.1 Å². The lowest BCUT2D eigenvalue weighted by Crippen LogP contribution is -2.30. The summed E-state index contributed by atoms with van der Waals surface area (Å²) in [5, 5.41) is 6.46. The van der Waals surface area contributed by atoms with Gasteiger partial charge in [-0.3, -0.25) is 20.3 Å². The number of carbonyl (C=O) groups is 1. The molecule has 2 rings (SSSR count). The Morgan fingerprint density at radius 2 is 2.46 bits per heavy atom. The van der Waals surface area contributed by atoms with Crippen molar-refractivity contribution in [3.8, 4) is 0 Å². The van der Waals surface area contributed by atoms with Gasteiger partial charge in [-0.2, -0.15) is 5.10 Å². The number of rotatable bonds is 1. The summed E-state index contributed by atoms with van der Waals surface area (Å²) in [6, 6.07) is 3.53. The second-order valence-electron chi connectivity index (χ2n) is 2.45. The summed E-state index contributed by atoms with van der Waals surface area (Å²) >= 11 is 0. The van der Waals surface area contributed by atoms with Crippen molar-refractivity contribution in [2.24, 2.45) is 5.84 Å². The van der Waals surface area contributed by atoms with Crippen molar-refractivity contribution in [1.29, 1.82) is 0 Å². The van der Waals surface area contributed by atoms with Crippen molar-refractivity contribution < 1.29 is 4.79 Å². The molecule has 0 radical (unpaired) electrons. The van der Waals surface area contributed by atoms with Gasteiger partial charge < -0.3 is 0 Å². The Hall–Kier alpha value is -1.95. The second kappa shape index (κ2) is 2.83. The van der Waals surface area contributed by atoms with E-state index in [1.54, 1.807) is 18.3 Å². The number of H-pyrrole nitrogens is 1. The predicted molar refractivity (Wildman–Crippen MR) is 45.5 cm³/mol. The van der Waals surface area contributed by atoms with E-state index in [1.165, 1.54) is 0 Å². The number of nitrogens with zero attached hydrogens (tertiary/aromatic N) is 2. The molecule has 0 aromatic carbocycles. The normalized spacial score (nSPS) is 10.2. The van der Waals surface area contributed by atoms with Gasteiger partial charge in [0.05, 0.1) is 5.52 Å². The van der Waals surface area contributed by atoms with Crippen molar-refractivity contribution in [2.75, 3.05) is 0 Å². The third-order valence-corrected chi connectivity index (χ3v) is 1.67. The molecular weight excluding hydrogens is 170 g/mol. The van der Waals surface area contributed by atoms with E-state index in [9.17, 15) is 4.79 Å². The van der Waals surface area contributed by atoms with Gasteiger partial charge in [-0.1, -0.05) is 0 Å². The van der Waals surface area contributed by atoms with E-state index >= 15 is 0 Å². The van der Waals surface area contributed by atoms with Crippen molar-refractivity contribution in [3.05, 3.63) is 24.0 Å². The molecule has 0 spiro atoms. The fourth-order valence-electron chi connectivity index (χ4n) is 1.08. The average molecular weight is 177 g/mol. The topological polar surface area (TPSA) is 96.7 Å². The molecule has 0 unspecified atom stereocenters. The summed E-state index contributed by atoms with van der Waals surface area (Å²) < 4.78 is 0. The van der Waals surface area contributed by atoms with Gasteiger partial charge in [0.25, 0.3) is 5.91 Å². The number of carbonyl (C=O) groups excluding carboxylic acids is 1. The van der Waals surface area contributed by atoms with Crippen LogP contribution >= 0.6 is 0 Å². The summed E-state index contributed by atoms with van der Waals surface area (Å²) in [5.74, 6) is 4.52. The van der Waals surface area contributed by atoms with Crippen LogP contribution in [0.4, 0.5) is 0 Å². The molecule has 4 N–H and O–H groups in total. The van der Waals surface area contributed by atoms with E-state index in [-0.39, 0.29) is 5.69 Å². The molecule has 66 valence electrons. The summed E-state index contributed by atoms with van der Waals surface area (Å²) in [4.78, 5) is 15.1. The molecule has 0 atom stereocenters. The molecule has 0 saturated carbocycles. The quantitative estimate of drug-likeness (QED) is 0.312. The monoisotopic (exact) mass is 177 g/mol. The molecule has 2 aromatic rings. The smallest absolute Gasteiger partial charge is 0.287 e. The van der Waals surface area contributed by atoms with Crippen LogP contribution in [0.25, 0.3) is 11.0 Å². The van der Waals surface area contributed by atoms with Gasteiger partial charge >= 0.3 is 0 Å². The van der Waals surface area contributed by atoms with Crippen molar-refractivity contribution in [1.82, 2.24) is 20.6 Å². The molecule has 0 fully saturated rings. The number of fused-ring (bicyclic) bond motifs is 1. The Kier molecular flexibility index (Phi) is 1.67. The molecule has 0 saturated heterocycles. The molecule has 2 aromatic heterocycles. The van der Waals surface area contributed by atoms with Crippen molar-refractivity contribution >= 4 is 16.9 Å². The number of nitrogen functional groups attached to an aromatic ring is 1. The van der Waals surface area contributed by atoms with Crippen LogP contribution in [-0.4, -0.2) is 21.1 Å². The number of hydrazine groups is 1.